The molecule has 0 aromatic heterocycles. The van der Waals surface area contributed by atoms with Crippen LogP contribution in [-0.2, 0) is 0 Å². The molecule has 0 unspecified atom stereocenters. The van der Waals surface area contributed by atoms with Gasteiger partial charge in [-0.2, -0.15) is 8.78 Å². The van der Waals surface area contributed by atoms with E-state index in [0.717, 1.165) is 0 Å². The van der Waals surface area contributed by atoms with Crippen molar-refractivity contribution in [3.8, 4) is 11.5 Å². The molecule has 0 aliphatic rings. The van der Waals surface area contributed by atoms with Crippen molar-refractivity contribution >= 4 is 5.91 Å². The van der Waals surface area contributed by atoms with E-state index in [9.17, 15) is 18.7 Å². The first-order valence-corrected chi connectivity index (χ1v) is 6.43. The lowest BCUT2D eigenvalue weighted by molar-refractivity contribution is -0.0512. The third-order valence-corrected chi connectivity index (χ3v) is 2.96. The van der Waals surface area contributed by atoms with E-state index in [2.05, 4.69) is 10.1 Å². The molecule has 1 amide bonds. The number of methoxy groups -OCH3 is 1. The van der Waals surface area contributed by atoms with E-state index in [1.54, 1.807) is 0 Å². The Morgan fingerprint density at radius 2 is 2.00 bits per heavy atom. The van der Waals surface area contributed by atoms with Crippen molar-refractivity contribution in [3.63, 3.8) is 0 Å². The molecule has 0 saturated heterocycles. The van der Waals surface area contributed by atoms with E-state index in [-0.39, 0.29) is 35.6 Å². The maximum Gasteiger partial charge on any atom is 0.387 e. The summed E-state index contributed by atoms with van der Waals surface area (Å²) in [6.07, 6.45) is 0. The third kappa shape index (κ3) is 4.86. The number of rotatable bonds is 7. The van der Waals surface area contributed by atoms with Crippen LogP contribution in [0.1, 0.15) is 24.2 Å². The molecule has 21 heavy (non-hydrogen) atoms. The van der Waals surface area contributed by atoms with E-state index >= 15 is 0 Å². The second-order valence-corrected chi connectivity index (χ2v) is 4.75. The van der Waals surface area contributed by atoms with Gasteiger partial charge in [-0.1, -0.05) is 13.8 Å². The molecule has 1 rings (SSSR count). The number of aliphatic hydroxyl groups is 1. The van der Waals surface area contributed by atoms with Crippen molar-refractivity contribution in [2.75, 3.05) is 13.7 Å². The molecule has 7 heteroatoms. The van der Waals surface area contributed by atoms with Gasteiger partial charge in [0.15, 0.2) is 11.5 Å². The van der Waals surface area contributed by atoms with Crippen LogP contribution in [-0.4, -0.2) is 37.4 Å². The summed E-state index contributed by atoms with van der Waals surface area (Å²) in [7, 11) is 1.29. The highest BCUT2D eigenvalue weighted by Crippen LogP contribution is 2.29. The number of benzene rings is 1. The van der Waals surface area contributed by atoms with Gasteiger partial charge in [0.05, 0.1) is 19.8 Å². The van der Waals surface area contributed by atoms with Crippen molar-refractivity contribution in [2.24, 2.45) is 5.92 Å². The molecule has 0 aliphatic carbocycles. The highest BCUT2D eigenvalue weighted by molar-refractivity contribution is 5.95. The van der Waals surface area contributed by atoms with Crippen LogP contribution in [0.4, 0.5) is 8.78 Å². The molecule has 0 bridgehead atoms. The highest BCUT2D eigenvalue weighted by Gasteiger charge is 2.18. The zero-order valence-corrected chi connectivity index (χ0v) is 12.1. The largest absolute Gasteiger partial charge is 0.493 e. The van der Waals surface area contributed by atoms with Gasteiger partial charge in [0, 0.05) is 5.56 Å². The van der Waals surface area contributed by atoms with Gasteiger partial charge >= 0.3 is 6.61 Å². The summed E-state index contributed by atoms with van der Waals surface area (Å²) in [4.78, 5) is 12.1. The van der Waals surface area contributed by atoms with Gasteiger partial charge in [0.1, 0.15) is 0 Å². The SMILES string of the molecule is COc1cc(C(=O)N[C@H](CO)C(C)C)ccc1OC(F)F. The van der Waals surface area contributed by atoms with E-state index in [4.69, 9.17) is 4.74 Å². The number of aliphatic hydroxyl groups excluding tert-OH is 1. The van der Waals surface area contributed by atoms with Crippen molar-refractivity contribution in [1.29, 1.82) is 0 Å². The van der Waals surface area contributed by atoms with Gasteiger partial charge in [-0.05, 0) is 24.1 Å². The molecule has 2 N–H and O–H groups in total. The second kappa shape index (κ2) is 7.78. The molecule has 5 nitrogen and oxygen atoms in total. The van der Waals surface area contributed by atoms with Gasteiger partial charge in [0.25, 0.3) is 5.91 Å². The Labute approximate surface area is 121 Å². The molecular formula is C14H19F2NO4. The van der Waals surface area contributed by atoms with Gasteiger partial charge in [-0.25, -0.2) is 0 Å². The summed E-state index contributed by atoms with van der Waals surface area (Å²) in [5, 5.41) is 11.9. The van der Waals surface area contributed by atoms with Crippen LogP contribution in [0.3, 0.4) is 0 Å². The van der Waals surface area contributed by atoms with Crippen molar-refractivity contribution in [1.82, 2.24) is 5.32 Å². The fourth-order valence-corrected chi connectivity index (χ4v) is 1.68. The molecule has 0 saturated carbocycles. The van der Waals surface area contributed by atoms with E-state index in [1.807, 2.05) is 13.8 Å². The van der Waals surface area contributed by atoms with Crippen LogP contribution in [0.5, 0.6) is 11.5 Å². The first-order chi connectivity index (χ1) is 9.88. The molecular weight excluding hydrogens is 284 g/mol. The lowest BCUT2D eigenvalue weighted by Crippen LogP contribution is -2.41. The summed E-state index contributed by atoms with van der Waals surface area (Å²) in [6.45, 7) is 0.564. The van der Waals surface area contributed by atoms with E-state index < -0.39 is 12.5 Å². The topological polar surface area (TPSA) is 67.8 Å². The monoisotopic (exact) mass is 303 g/mol. The number of halogens is 2. The molecule has 1 aromatic carbocycles. The smallest absolute Gasteiger partial charge is 0.387 e. The maximum absolute atomic E-state index is 12.2. The maximum atomic E-state index is 12.2. The third-order valence-electron chi connectivity index (χ3n) is 2.96. The van der Waals surface area contributed by atoms with Crippen LogP contribution in [0.15, 0.2) is 18.2 Å². The molecule has 0 spiro atoms. The molecule has 118 valence electrons. The van der Waals surface area contributed by atoms with E-state index in [0.29, 0.717) is 0 Å². The van der Waals surface area contributed by atoms with Crippen LogP contribution in [0, 0.1) is 5.92 Å². The molecule has 1 atom stereocenters. The van der Waals surface area contributed by atoms with Gasteiger partial charge in [-0.15, -0.1) is 0 Å². The molecule has 0 radical (unpaired) electrons. The van der Waals surface area contributed by atoms with Crippen LogP contribution >= 0.6 is 0 Å². The molecule has 0 heterocycles. The minimum absolute atomic E-state index is 0.0352. The first-order valence-electron chi connectivity index (χ1n) is 6.43. The summed E-state index contributed by atoms with van der Waals surface area (Å²) < 4.78 is 33.6. The van der Waals surface area contributed by atoms with Crippen LogP contribution in [0.2, 0.25) is 0 Å². The van der Waals surface area contributed by atoms with Gasteiger partial charge < -0.3 is 19.9 Å². The predicted molar refractivity (Wildman–Crippen MR) is 72.8 cm³/mol. The predicted octanol–water partition coefficient (Wildman–Crippen LogP) is 2.04. The molecule has 0 fully saturated rings. The summed E-state index contributed by atoms with van der Waals surface area (Å²) in [6, 6.07) is 3.51. The standard InChI is InChI=1S/C14H19F2NO4/c1-8(2)10(7-18)17-13(19)9-4-5-11(21-14(15)16)12(6-9)20-3/h4-6,8,10,14,18H,7H2,1-3H3,(H,17,19)/t10-/m1/s1. The number of carbonyl (C=O) groups is 1. The number of hydrogen-bond donors (Lipinski definition) is 2. The fraction of sp³-hybridized carbons (Fsp3) is 0.500. The fourth-order valence-electron chi connectivity index (χ4n) is 1.68. The molecule has 0 aliphatic heterocycles. The highest BCUT2D eigenvalue weighted by atomic mass is 19.3. The Balaban J connectivity index is 2.90. The van der Waals surface area contributed by atoms with Crippen molar-refractivity contribution in [3.05, 3.63) is 23.8 Å². The average Bonchev–Trinajstić information content (AvgIpc) is 2.43. The van der Waals surface area contributed by atoms with E-state index in [1.165, 1.54) is 25.3 Å². The number of alkyl halides is 2. The zero-order chi connectivity index (χ0) is 16.0. The minimum atomic E-state index is -2.97. The van der Waals surface area contributed by atoms with Crippen LogP contribution < -0.4 is 14.8 Å². The second-order valence-electron chi connectivity index (χ2n) is 4.75. The van der Waals surface area contributed by atoms with Gasteiger partial charge in [-0.3, -0.25) is 4.79 Å². The van der Waals surface area contributed by atoms with Crippen molar-refractivity contribution < 1.29 is 28.2 Å². The number of ether oxygens (including phenoxy) is 2. The minimum Gasteiger partial charge on any atom is -0.493 e. The normalized spacial score (nSPS) is 12.4. The lowest BCUT2D eigenvalue weighted by atomic mass is 10.0. The number of nitrogens with one attached hydrogen (secondary N) is 1. The lowest BCUT2D eigenvalue weighted by Gasteiger charge is -2.20. The van der Waals surface area contributed by atoms with Gasteiger partial charge in [0.2, 0.25) is 0 Å². The zero-order valence-electron chi connectivity index (χ0n) is 12.1. The number of amides is 1. The van der Waals surface area contributed by atoms with Crippen LogP contribution in [0.25, 0.3) is 0 Å². The summed E-state index contributed by atoms with van der Waals surface area (Å²) in [5.41, 5.74) is 0.229. The first kappa shape index (κ1) is 17.2. The Morgan fingerprint density at radius 3 is 2.48 bits per heavy atom. The quantitative estimate of drug-likeness (QED) is 0.809. The Bertz CT molecular complexity index is 480. The Morgan fingerprint density at radius 1 is 1.33 bits per heavy atom. The average molecular weight is 303 g/mol. The summed E-state index contributed by atoms with van der Waals surface area (Å²) in [5.74, 6) is -0.480. The Hall–Kier alpha value is -1.89. The number of carbonyl (C=O) groups excluding carboxylic acids is 1. The Kier molecular flexibility index (Phi) is 6.36. The summed E-state index contributed by atoms with van der Waals surface area (Å²) >= 11 is 0. The van der Waals surface area contributed by atoms with Crippen molar-refractivity contribution in [2.45, 2.75) is 26.5 Å². The number of hydrogen-bond acceptors (Lipinski definition) is 4. The molecule has 1 aromatic rings.